The summed E-state index contributed by atoms with van der Waals surface area (Å²) in [5.74, 6) is 0.481. The number of amides is 1. The van der Waals surface area contributed by atoms with E-state index in [1.54, 1.807) is 32.2 Å². The summed E-state index contributed by atoms with van der Waals surface area (Å²) in [5, 5.41) is 2.84. The van der Waals surface area contributed by atoms with Gasteiger partial charge in [0.05, 0.1) is 19.1 Å². The minimum atomic E-state index is -3.60. The number of hydrogen-bond acceptors (Lipinski definition) is 4. The van der Waals surface area contributed by atoms with E-state index in [2.05, 4.69) is 5.32 Å². The molecule has 0 aliphatic heterocycles. The van der Waals surface area contributed by atoms with Gasteiger partial charge in [-0.25, -0.2) is 8.42 Å². The number of anilines is 1. The summed E-state index contributed by atoms with van der Waals surface area (Å²) in [7, 11) is -1.97. The lowest BCUT2D eigenvalue weighted by Gasteiger charge is -2.28. The fraction of sp³-hybridized carbons (Fsp3) is 0.381. The molecule has 0 saturated heterocycles. The van der Waals surface area contributed by atoms with Crippen molar-refractivity contribution in [2.45, 2.75) is 32.7 Å². The normalized spacial score (nSPS) is 12.3. The minimum Gasteiger partial charge on any atom is -0.497 e. The number of methoxy groups -OCH3 is 1. The first-order chi connectivity index (χ1) is 13.2. The molecule has 0 saturated carbocycles. The van der Waals surface area contributed by atoms with Crippen LogP contribution >= 0.6 is 0 Å². The van der Waals surface area contributed by atoms with Crippen LogP contribution in [0.1, 0.15) is 24.5 Å². The fourth-order valence-corrected chi connectivity index (χ4v) is 4.22. The molecule has 2 aromatic carbocycles. The van der Waals surface area contributed by atoms with Crippen molar-refractivity contribution >= 4 is 21.6 Å². The summed E-state index contributed by atoms with van der Waals surface area (Å²) in [6.07, 6.45) is 2.65. The zero-order valence-corrected chi connectivity index (χ0v) is 17.6. The summed E-state index contributed by atoms with van der Waals surface area (Å²) in [4.78, 5) is 12.6. The molecule has 0 aliphatic rings. The average Bonchev–Trinajstić information content (AvgIpc) is 2.64. The zero-order chi connectivity index (χ0) is 20.7. The second kappa shape index (κ2) is 9.59. The molecule has 6 nitrogen and oxygen atoms in total. The highest BCUT2D eigenvalue weighted by atomic mass is 32.2. The van der Waals surface area contributed by atoms with E-state index in [4.69, 9.17) is 4.74 Å². The van der Waals surface area contributed by atoms with Gasteiger partial charge in [-0.15, -0.1) is 0 Å². The standard InChI is InChI=1S/C21H28N2O4S/c1-16-8-5-11-19(14-16)23(28(4,25)26)17(2)21(24)22-13-7-10-18-9-6-12-20(15-18)27-3/h5-6,8-9,11-12,14-15,17H,7,10,13H2,1-4H3,(H,22,24)/t17-/m1/s1. The summed E-state index contributed by atoms with van der Waals surface area (Å²) < 4.78 is 31.0. The molecule has 2 rings (SSSR count). The number of rotatable bonds is 9. The molecule has 28 heavy (non-hydrogen) atoms. The van der Waals surface area contributed by atoms with E-state index in [1.165, 1.54) is 0 Å². The highest BCUT2D eigenvalue weighted by Gasteiger charge is 2.28. The van der Waals surface area contributed by atoms with Crippen LogP contribution in [0.5, 0.6) is 5.75 Å². The Kier molecular flexibility index (Phi) is 7.45. The van der Waals surface area contributed by atoms with Crippen molar-refractivity contribution in [3.05, 3.63) is 59.7 Å². The zero-order valence-electron chi connectivity index (χ0n) is 16.8. The summed E-state index contributed by atoms with van der Waals surface area (Å²) in [6.45, 7) is 3.94. The second-order valence-electron chi connectivity index (χ2n) is 6.82. The number of benzene rings is 2. The Bertz CT molecular complexity index is 912. The third-order valence-electron chi connectivity index (χ3n) is 4.42. The molecule has 1 atom stereocenters. The first kappa shape index (κ1) is 21.8. The molecule has 0 spiro atoms. The lowest BCUT2D eigenvalue weighted by atomic mass is 10.1. The maximum Gasteiger partial charge on any atom is 0.243 e. The highest BCUT2D eigenvalue weighted by Crippen LogP contribution is 2.22. The highest BCUT2D eigenvalue weighted by molar-refractivity contribution is 7.92. The molecule has 0 unspecified atom stereocenters. The summed E-state index contributed by atoms with van der Waals surface area (Å²) in [5.41, 5.74) is 2.54. The molecule has 0 radical (unpaired) electrons. The van der Waals surface area contributed by atoms with E-state index >= 15 is 0 Å². The molecule has 0 aliphatic carbocycles. The van der Waals surface area contributed by atoms with Crippen LogP contribution in [0.4, 0.5) is 5.69 Å². The van der Waals surface area contributed by atoms with Crippen LogP contribution in [-0.4, -0.2) is 40.3 Å². The van der Waals surface area contributed by atoms with Crippen LogP contribution in [0.25, 0.3) is 0 Å². The van der Waals surface area contributed by atoms with Gasteiger partial charge < -0.3 is 10.1 Å². The third-order valence-corrected chi connectivity index (χ3v) is 5.66. The van der Waals surface area contributed by atoms with Crippen LogP contribution in [-0.2, 0) is 21.2 Å². The van der Waals surface area contributed by atoms with Gasteiger partial charge in [-0.2, -0.15) is 0 Å². The number of nitrogens with zero attached hydrogens (tertiary/aromatic N) is 1. The largest absolute Gasteiger partial charge is 0.497 e. The maximum atomic E-state index is 12.6. The number of ether oxygens (including phenoxy) is 1. The topological polar surface area (TPSA) is 75.7 Å². The van der Waals surface area contributed by atoms with Crippen molar-refractivity contribution < 1.29 is 17.9 Å². The SMILES string of the molecule is COc1cccc(CCCNC(=O)[C@@H](C)N(c2cccc(C)c2)S(C)(=O)=O)c1. The van der Waals surface area contributed by atoms with Gasteiger partial charge in [-0.1, -0.05) is 24.3 Å². The smallest absolute Gasteiger partial charge is 0.243 e. The van der Waals surface area contributed by atoms with Crippen LogP contribution in [0, 0.1) is 6.92 Å². The van der Waals surface area contributed by atoms with E-state index in [1.807, 2.05) is 37.3 Å². The van der Waals surface area contributed by atoms with Gasteiger partial charge in [-0.3, -0.25) is 9.10 Å². The Morgan fingerprint density at radius 2 is 1.89 bits per heavy atom. The molecule has 1 amide bonds. The average molecular weight is 405 g/mol. The molecular formula is C21H28N2O4S. The molecular weight excluding hydrogens is 376 g/mol. The molecule has 2 aromatic rings. The summed E-state index contributed by atoms with van der Waals surface area (Å²) >= 11 is 0. The Hall–Kier alpha value is -2.54. The molecule has 1 N–H and O–H groups in total. The first-order valence-electron chi connectivity index (χ1n) is 9.19. The van der Waals surface area contributed by atoms with Crippen LogP contribution < -0.4 is 14.4 Å². The monoisotopic (exact) mass is 404 g/mol. The van der Waals surface area contributed by atoms with Crippen LogP contribution in [0.3, 0.4) is 0 Å². The van der Waals surface area contributed by atoms with Gasteiger partial charge in [0.2, 0.25) is 15.9 Å². The molecule has 0 aromatic heterocycles. The van der Waals surface area contributed by atoms with Gasteiger partial charge in [0.25, 0.3) is 0 Å². The van der Waals surface area contributed by atoms with Gasteiger partial charge in [0, 0.05) is 6.54 Å². The molecule has 7 heteroatoms. The van der Waals surface area contributed by atoms with Crippen LogP contribution in [0.2, 0.25) is 0 Å². The molecule has 0 fully saturated rings. The van der Waals surface area contributed by atoms with Crippen molar-refractivity contribution in [2.75, 3.05) is 24.2 Å². The maximum absolute atomic E-state index is 12.6. The van der Waals surface area contributed by atoms with E-state index in [-0.39, 0.29) is 5.91 Å². The Morgan fingerprint density at radius 1 is 1.18 bits per heavy atom. The predicted molar refractivity (Wildman–Crippen MR) is 112 cm³/mol. The number of hydrogen-bond donors (Lipinski definition) is 1. The van der Waals surface area contributed by atoms with E-state index in [0.29, 0.717) is 12.2 Å². The number of nitrogens with one attached hydrogen (secondary N) is 1. The quantitative estimate of drug-likeness (QED) is 0.652. The predicted octanol–water partition coefficient (Wildman–Crippen LogP) is 2.91. The van der Waals surface area contributed by atoms with Gasteiger partial charge in [-0.05, 0) is 62.1 Å². The summed E-state index contributed by atoms with van der Waals surface area (Å²) in [6, 6.07) is 14.1. The fourth-order valence-electron chi connectivity index (χ4n) is 3.05. The number of sulfonamides is 1. The lowest BCUT2D eigenvalue weighted by molar-refractivity contribution is -0.121. The Balaban J connectivity index is 1.97. The van der Waals surface area contributed by atoms with Crippen molar-refractivity contribution in [3.8, 4) is 5.75 Å². The van der Waals surface area contributed by atoms with Gasteiger partial charge in [0.1, 0.15) is 11.8 Å². The van der Waals surface area contributed by atoms with Gasteiger partial charge in [0.15, 0.2) is 0 Å². The van der Waals surface area contributed by atoms with Crippen molar-refractivity contribution in [2.24, 2.45) is 0 Å². The number of carbonyl (C=O) groups excluding carboxylic acids is 1. The molecule has 0 bridgehead atoms. The Morgan fingerprint density at radius 3 is 2.54 bits per heavy atom. The second-order valence-corrected chi connectivity index (χ2v) is 8.68. The van der Waals surface area contributed by atoms with Gasteiger partial charge >= 0.3 is 0 Å². The molecule has 0 heterocycles. The minimum absolute atomic E-state index is 0.322. The van der Waals surface area contributed by atoms with Crippen LogP contribution in [0.15, 0.2) is 48.5 Å². The lowest BCUT2D eigenvalue weighted by Crippen LogP contribution is -2.48. The third kappa shape index (κ3) is 5.99. The Labute approximate surface area is 167 Å². The van der Waals surface area contributed by atoms with Crippen molar-refractivity contribution in [1.29, 1.82) is 0 Å². The molecule has 152 valence electrons. The first-order valence-corrected chi connectivity index (χ1v) is 11.0. The van der Waals surface area contributed by atoms with E-state index in [9.17, 15) is 13.2 Å². The van der Waals surface area contributed by atoms with Crippen molar-refractivity contribution in [3.63, 3.8) is 0 Å². The van der Waals surface area contributed by atoms with Crippen molar-refractivity contribution in [1.82, 2.24) is 5.32 Å². The van der Waals surface area contributed by atoms with E-state index in [0.717, 1.165) is 40.3 Å². The number of aryl methyl sites for hydroxylation is 2. The van der Waals surface area contributed by atoms with E-state index < -0.39 is 16.1 Å². The number of carbonyl (C=O) groups is 1.